The summed E-state index contributed by atoms with van der Waals surface area (Å²) in [4.78, 5) is 27.2. The molecule has 0 saturated heterocycles. The van der Waals surface area contributed by atoms with Crippen LogP contribution in [0.25, 0.3) is 0 Å². The number of carboxylic acids is 1. The van der Waals surface area contributed by atoms with Crippen molar-refractivity contribution in [1.29, 1.82) is 0 Å². The number of aromatic carboxylic acids is 1. The highest BCUT2D eigenvalue weighted by Gasteiger charge is 2.54. The number of aromatic nitrogens is 2. The van der Waals surface area contributed by atoms with Crippen LogP contribution >= 0.6 is 11.6 Å². The molecule has 1 aliphatic carbocycles. The predicted octanol–water partition coefficient (Wildman–Crippen LogP) is 4.67. The Hall–Kier alpha value is -3.12. The molecule has 31 heavy (non-hydrogen) atoms. The molecular weight excluding hydrogens is 414 g/mol. The lowest BCUT2D eigenvalue weighted by molar-refractivity contribution is -0.122. The van der Waals surface area contributed by atoms with Gasteiger partial charge in [0.05, 0.1) is 28.6 Å². The molecular formula is C24H22ClN3O3. The first-order valence-corrected chi connectivity index (χ1v) is 10.7. The molecule has 1 atom stereocenters. The Morgan fingerprint density at radius 1 is 1.23 bits per heavy atom. The van der Waals surface area contributed by atoms with Crippen molar-refractivity contribution in [3.63, 3.8) is 0 Å². The first-order chi connectivity index (χ1) is 14.8. The van der Waals surface area contributed by atoms with E-state index >= 15 is 0 Å². The lowest BCUT2D eigenvalue weighted by Gasteiger charge is -2.23. The van der Waals surface area contributed by atoms with Gasteiger partial charge in [-0.1, -0.05) is 30.7 Å². The highest BCUT2D eigenvalue weighted by atomic mass is 35.5. The number of halogens is 1. The van der Waals surface area contributed by atoms with Gasteiger partial charge in [-0.3, -0.25) is 14.4 Å². The summed E-state index contributed by atoms with van der Waals surface area (Å²) in [5.74, 6) is -0.984. The second-order valence-electron chi connectivity index (χ2n) is 8.45. The fourth-order valence-electron chi connectivity index (χ4n) is 4.90. The van der Waals surface area contributed by atoms with Crippen molar-refractivity contribution >= 4 is 34.9 Å². The zero-order valence-electron chi connectivity index (χ0n) is 17.4. The Bertz CT molecular complexity index is 1250. The number of fused-ring (bicyclic) bond motifs is 3. The maximum Gasteiger partial charge on any atom is 0.335 e. The zero-order chi connectivity index (χ0) is 21.9. The van der Waals surface area contributed by atoms with E-state index in [2.05, 4.69) is 12.0 Å². The molecule has 1 aromatic heterocycles. The van der Waals surface area contributed by atoms with E-state index in [0.29, 0.717) is 17.9 Å². The minimum absolute atomic E-state index is 0.0201. The molecule has 0 saturated carbocycles. The highest BCUT2D eigenvalue weighted by molar-refractivity contribution is 6.32. The van der Waals surface area contributed by atoms with Gasteiger partial charge in [0.1, 0.15) is 0 Å². The van der Waals surface area contributed by atoms with E-state index in [1.807, 2.05) is 36.0 Å². The molecule has 1 aliphatic heterocycles. The Morgan fingerprint density at radius 2 is 2.00 bits per heavy atom. The molecule has 0 radical (unpaired) electrons. The van der Waals surface area contributed by atoms with Crippen molar-refractivity contribution in [1.82, 2.24) is 9.78 Å². The van der Waals surface area contributed by atoms with E-state index in [1.54, 1.807) is 23.2 Å². The largest absolute Gasteiger partial charge is 0.478 e. The summed E-state index contributed by atoms with van der Waals surface area (Å²) in [7, 11) is 0. The van der Waals surface area contributed by atoms with Crippen LogP contribution in [0.15, 0.2) is 42.7 Å². The van der Waals surface area contributed by atoms with Crippen molar-refractivity contribution < 1.29 is 14.7 Å². The standard InChI is InChI=1S/C24H22ClN3O3/c1-3-6-27-13-18(12-26-27)28-21-9-20(25)14(2)7-19(21)24(23(28)31)10-16-5-4-15(22(29)30)8-17(16)11-24/h4-5,7-9,12-13H,3,6,10-11H2,1-2H3,(H,29,30). The third kappa shape index (κ3) is 2.89. The summed E-state index contributed by atoms with van der Waals surface area (Å²) in [5.41, 5.74) is 4.76. The number of carboxylic acid groups (broad SMARTS) is 1. The molecule has 6 nitrogen and oxygen atoms in total. The summed E-state index contributed by atoms with van der Waals surface area (Å²) in [6.07, 6.45) is 5.56. The zero-order valence-corrected chi connectivity index (χ0v) is 18.1. The van der Waals surface area contributed by atoms with E-state index in [1.165, 1.54) is 0 Å². The molecule has 1 amide bonds. The molecule has 1 spiro atoms. The normalized spacial score (nSPS) is 19.2. The van der Waals surface area contributed by atoms with Crippen LogP contribution < -0.4 is 4.90 Å². The maximum atomic E-state index is 14.0. The van der Waals surface area contributed by atoms with E-state index in [0.717, 1.165) is 46.6 Å². The molecule has 0 bridgehead atoms. The molecule has 0 fully saturated rings. The number of amides is 1. The van der Waals surface area contributed by atoms with Gasteiger partial charge in [-0.25, -0.2) is 4.79 Å². The SMILES string of the molecule is CCCn1cc(N2C(=O)C3(Cc4ccc(C(=O)O)cc4C3)c3cc(C)c(Cl)cc32)cn1. The van der Waals surface area contributed by atoms with Gasteiger partial charge < -0.3 is 5.11 Å². The van der Waals surface area contributed by atoms with Crippen LogP contribution in [0.3, 0.4) is 0 Å². The van der Waals surface area contributed by atoms with Crippen molar-refractivity contribution in [2.75, 3.05) is 4.90 Å². The van der Waals surface area contributed by atoms with Gasteiger partial charge in [-0.05, 0) is 66.6 Å². The maximum absolute atomic E-state index is 14.0. The first kappa shape index (κ1) is 19.8. The molecule has 1 N–H and O–H groups in total. The average molecular weight is 436 g/mol. The average Bonchev–Trinajstić information content (AvgIpc) is 3.40. The van der Waals surface area contributed by atoms with E-state index in [4.69, 9.17) is 11.6 Å². The lowest BCUT2D eigenvalue weighted by Crippen LogP contribution is -2.39. The molecule has 2 aromatic carbocycles. The Kier molecular flexibility index (Phi) is 4.45. The lowest BCUT2D eigenvalue weighted by atomic mass is 9.78. The summed E-state index contributed by atoms with van der Waals surface area (Å²) >= 11 is 6.46. The fraction of sp³-hybridized carbons (Fsp3) is 0.292. The first-order valence-electron chi connectivity index (χ1n) is 10.4. The summed E-state index contributed by atoms with van der Waals surface area (Å²) in [6, 6.07) is 9.02. The van der Waals surface area contributed by atoms with Gasteiger partial charge in [-0.2, -0.15) is 5.10 Å². The third-order valence-electron chi connectivity index (χ3n) is 6.41. The number of rotatable bonds is 4. The van der Waals surface area contributed by atoms with Crippen LogP contribution in [0.2, 0.25) is 5.02 Å². The summed E-state index contributed by atoms with van der Waals surface area (Å²) in [5, 5.41) is 14.4. The minimum atomic E-state index is -0.963. The van der Waals surface area contributed by atoms with Gasteiger partial charge >= 0.3 is 5.97 Å². The Balaban J connectivity index is 1.65. The topological polar surface area (TPSA) is 75.4 Å². The third-order valence-corrected chi connectivity index (χ3v) is 6.82. The number of hydrogen-bond donors (Lipinski definition) is 1. The monoisotopic (exact) mass is 435 g/mol. The number of carbonyl (C=O) groups is 2. The van der Waals surface area contributed by atoms with Crippen molar-refractivity contribution in [2.24, 2.45) is 0 Å². The van der Waals surface area contributed by atoms with Crippen LogP contribution in [-0.2, 0) is 29.6 Å². The second-order valence-corrected chi connectivity index (χ2v) is 8.85. The Morgan fingerprint density at radius 3 is 2.74 bits per heavy atom. The summed E-state index contributed by atoms with van der Waals surface area (Å²) < 4.78 is 1.84. The quantitative estimate of drug-likeness (QED) is 0.646. The summed E-state index contributed by atoms with van der Waals surface area (Å²) in [6.45, 7) is 4.79. The highest BCUT2D eigenvalue weighted by Crippen LogP contribution is 2.53. The van der Waals surface area contributed by atoms with Gasteiger partial charge in [0.25, 0.3) is 0 Å². The van der Waals surface area contributed by atoms with E-state index in [-0.39, 0.29) is 11.5 Å². The van der Waals surface area contributed by atoms with Crippen LogP contribution in [0.1, 0.15) is 46.0 Å². The van der Waals surface area contributed by atoms with Crippen molar-refractivity contribution in [3.8, 4) is 0 Å². The molecule has 3 aromatic rings. The predicted molar refractivity (Wildman–Crippen MR) is 118 cm³/mol. The van der Waals surface area contributed by atoms with Crippen LogP contribution in [0.4, 0.5) is 11.4 Å². The second kappa shape index (κ2) is 6.95. The molecule has 5 rings (SSSR count). The van der Waals surface area contributed by atoms with E-state index < -0.39 is 11.4 Å². The van der Waals surface area contributed by atoms with Gasteiger partial charge in [-0.15, -0.1) is 0 Å². The van der Waals surface area contributed by atoms with Crippen LogP contribution in [0, 0.1) is 6.92 Å². The number of carbonyl (C=O) groups excluding carboxylic acids is 1. The molecule has 2 aliphatic rings. The number of hydrogen-bond acceptors (Lipinski definition) is 3. The Labute approximate surface area is 185 Å². The fourth-order valence-corrected chi connectivity index (χ4v) is 5.06. The van der Waals surface area contributed by atoms with E-state index in [9.17, 15) is 14.7 Å². The van der Waals surface area contributed by atoms with Gasteiger partial charge in [0.2, 0.25) is 5.91 Å². The van der Waals surface area contributed by atoms with Crippen molar-refractivity contribution in [3.05, 3.63) is 75.6 Å². The van der Waals surface area contributed by atoms with Crippen LogP contribution in [0.5, 0.6) is 0 Å². The molecule has 1 unspecified atom stereocenters. The molecule has 2 heterocycles. The molecule has 7 heteroatoms. The van der Waals surface area contributed by atoms with Gasteiger partial charge in [0, 0.05) is 17.8 Å². The van der Waals surface area contributed by atoms with Crippen LogP contribution in [-0.4, -0.2) is 26.8 Å². The van der Waals surface area contributed by atoms with Gasteiger partial charge in [0.15, 0.2) is 0 Å². The van der Waals surface area contributed by atoms with Crippen molar-refractivity contribution in [2.45, 2.75) is 45.1 Å². The minimum Gasteiger partial charge on any atom is -0.478 e. The molecule has 158 valence electrons. The number of nitrogens with zero attached hydrogens (tertiary/aromatic N) is 3. The number of aryl methyl sites for hydroxylation is 2. The number of benzene rings is 2. The smallest absolute Gasteiger partial charge is 0.335 e. The number of anilines is 2.